The van der Waals surface area contributed by atoms with E-state index in [4.69, 9.17) is 24.8 Å². The van der Waals surface area contributed by atoms with Crippen molar-refractivity contribution in [2.45, 2.75) is 160 Å². The molecular formula is C48H76NO14P. The van der Waals surface area contributed by atoms with E-state index in [1.54, 1.807) is 12.2 Å². The summed E-state index contributed by atoms with van der Waals surface area (Å²) in [7, 11) is -4.85. The molecule has 0 heterocycles. The first kappa shape index (κ1) is 58.2. The van der Waals surface area contributed by atoms with Gasteiger partial charge in [-0.2, -0.15) is 0 Å². The van der Waals surface area contributed by atoms with E-state index in [2.05, 4.69) is 73.1 Å². The first-order valence-electron chi connectivity index (χ1n) is 22.8. The zero-order valence-electron chi connectivity index (χ0n) is 37.9. The number of aliphatic hydroxyl groups is 3. The number of aliphatic carboxylic acids is 1. The molecule has 15 nitrogen and oxygen atoms in total. The smallest absolute Gasteiger partial charge is 0.472 e. The molecule has 8 atom stereocenters. The van der Waals surface area contributed by atoms with Crippen LogP contribution in [-0.2, 0) is 42.3 Å². The van der Waals surface area contributed by atoms with E-state index in [-0.39, 0.29) is 44.3 Å². The molecule has 0 radical (unpaired) electrons. The van der Waals surface area contributed by atoms with Gasteiger partial charge in [0.2, 0.25) is 0 Å². The largest absolute Gasteiger partial charge is 0.480 e. The third-order valence-corrected chi connectivity index (χ3v) is 11.1. The molecule has 0 amide bonds. The van der Waals surface area contributed by atoms with Crippen molar-refractivity contribution in [2.75, 3.05) is 19.8 Å². The van der Waals surface area contributed by atoms with Crippen LogP contribution in [0.1, 0.15) is 129 Å². The van der Waals surface area contributed by atoms with E-state index < -0.39 is 87.8 Å². The molecule has 1 unspecified atom stereocenters. The van der Waals surface area contributed by atoms with Crippen molar-refractivity contribution >= 4 is 31.5 Å². The van der Waals surface area contributed by atoms with Crippen molar-refractivity contribution < 1.29 is 67.6 Å². The summed E-state index contributed by atoms with van der Waals surface area (Å²) in [6.07, 6.45) is 34.4. The monoisotopic (exact) mass is 922 g/mol. The fraction of sp³-hybridized carbons (Fsp3) is 0.625. The lowest BCUT2D eigenvalue weighted by Crippen LogP contribution is -2.34. The maximum atomic E-state index is 12.9. The number of unbranched alkanes of at least 4 members (excludes halogenated alkanes) is 3. The van der Waals surface area contributed by atoms with E-state index >= 15 is 0 Å². The van der Waals surface area contributed by atoms with E-state index in [1.807, 2.05) is 18.2 Å². The van der Waals surface area contributed by atoms with Crippen LogP contribution in [-0.4, -0.2) is 99.3 Å². The second-order valence-corrected chi connectivity index (χ2v) is 17.2. The van der Waals surface area contributed by atoms with Gasteiger partial charge in [-0.25, -0.2) is 4.57 Å². The van der Waals surface area contributed by atoms with E-state index in [9.17, 15) is 44.0 Å². The molecule has 362 valence electrons. The number of carbonyl (C=O) groups excluding carboxylic acids is 3. The maximum Gasteiger partial charge on any atom is 0.472 e. The van der Waals surface area contributed by atoms with Gasteiger partial charge in [0.1, 0.15) is 18.4 Å². The molecule has 1 aliphatic carbocycles. The summed E-state index contributed by atoms with van der Waals surface area (Å²) in [4.78, 5) is 59.1. The first-order chi connectivity index (χ1) is 30.7. The van der Waals surface area contributed by atoms with E-state index in [0.717, 1.165) is 51.4 Å². The van der Waals surface area contributed by atoms with Crippen molar-refractivity contribution in [2.24, 2.45) is 17.6 Å². The number of allylic oxidation sites excluding steroid dienone is 12. The quantitative estimate of drug-likeness (QED) is 0.0150. The predicted octanol–water partition coefficient (Wildman–Crippen LogP) is 7.84. The molecule has 16 heteroatoms. The van der Waals surface area contributed by atoms with Crippen LogP contribution in [0.25, 0.3) is 0 Å². The Morgan fingerprint density at radius 2 is 1.28 bits per heavy atom. The lowest BCUT2D eigenvalue weighted by molar-refractivity contribution is -0.161. The van der Waals surface area contributed by atoms with Crippen LogP contribution >= 0.6 is 7.82 Å². The fourth-order valence-corrected chi connectivity index (χ4v) is 7.28. The van der Waals surface area contributed by atoms with Crippen molar-refractivity contribution in [1.82, 2.24) is 0 Å². The number of carboxylic acids is 1. The Balaban J connectivity index is 2.56. The van der Waals surface area contributed by atoms with Crippen LogP contribution in [0.3, 0.4) is 0 Å². The van der Waals surface area contributed by atoms with Gasteiger partial charge in [0.25, 0.3) is 0 Å². The van der Waals surface area contributed by atoms with Gasteiger partial charge in [0.05, 0.1) is 31.5 Å². The lowest BCUT2D eigenvalue weighted by Gasteiger charge is -2.21. The molecule has 0 aromatic heterocycles. The van der Waals surface area contributed by atoms with Crippen molar-refractivity contribution in [3.63, 3.8) is 0 Å². The lowest BCUT2D eigenvalue weighted by atomic mass is 9.87. The normalized spacial score (nSPS) is 20.7. The molecule has 0 bridgehead atoms. The number of hydrogen-bond donors (Lipinski definition) is 6. The van der Waals surface area contributed by atoms with Gasteiger partial charge < -0.3 is 40.5 Å². The highest BCUT2D eigenvalue weighted by atomic mass is 31.2. The zero-order valence-corrected chi connectivity index (χ0v) is 38.8. The summed E-state index contributed by atoms with van der Waals surface area (Å²) in [5.74, 6) is -3.98. The Bertz CT molecular complexity index is 1590. The second kappa shape index (κ2) is 36.4. The fourth-order valence-electron chi connectivity index (χ4n) is 6.50. The zero-order chi connectivity index (χ0) is 47.4. The van der Waals surface area contributed by atoms with Crippen LogP contribution < -0.4 is 5.73 Å². The average Bonchev–Trinajstić information content (AvgIpc) is 3.52. The number of phosphoric ester groups is 1. The molecular weight excluding hydrogens is 845 g/mol. The summed E-state index contributed by atoms with van der Waals surface area (Å²) in [5, 5.41) is 40.2. The minimum atomic E-state index is -4.85. The Morgan fingerprint density at radius 1 is 0.719 bits per heavy atom. The predicted molar refractivity (Wildman–Crippen MR) is 247 cm³/mol. The van der Waals surface area contributed by atoms with Crippen LogP contribution in [0, 0.1) is 11.8 Å². The standard InChI is InChI=1S/C48H76NO14P/c1-3-5-7-8-9-10-11-12-13-14-15-16-17-18-19-20-21-22-24-29-46(54)60-35-40(36-61-64(58,59)62-37-43(49)48(56)57)63-47(55)30-26-25-28-39(51)33-42-41(44(52)34-45(42)53)32-31-38(50)27-23-6-4-2/h5,7,9-10,12-13,15-16,18-19,21-22,31-32,38,40-45,50,52-53H,3-4,6,8,11,14,17,20,23-30,33-37,49H2,1-2H3,(H,56,57)(H,58,59)/b7-5-,10-9-,13-12-,16-15-,19-18-,22-21-,32-31+/t38-,40+,41+,42+,43-,44+,45-/m0/s1. The number of rotatable bonds is 37. The van der Waals surface area contributed by atoms with Crippen LogP contribution in [0.4, 0.5) is 0 Å². The van der Waals surface area contributed by atoms with Gasteiger partial charge in [-0.15, -0.1) is 0 Å². The number of ether oxygens (including phenoxy) is 2. The summed E-state index contributed by atoms with van der Waals surface area (Å²) < 4.78 is 32.5. The highest BCUT2D eigenvalue weighted by Crippen LogP contribution is 2.43. The number of phosphoric acid groups is 1. The first-order valence-corrected chi connectivity index (χ1v) is 24.3. The maximum absolute atomic E-state index is 12.9. The summed E-state index contributed by atoms with van der Waals surface area (Å²) in [6.45, 7) is 2.11. The number of ketones is 1. The number of nitrogens with two attached hydrogens (primary N) is 1. The molecule has 7 N–H and O–H groups in total. The van der Waals surface area contributed by atoms with Crippen molar-refractivity contribution in [1.29, 1.82) is 0 Å². The van der Waals surface area contributed by atoms with Crippen molar-refractivity contribution in [3.05, 3.63) is 85.1 Å². The summed E-state index contributed by atoms with van der Waals surface area (Å²) in [5.41, 5.74) is 5.32. The molecule has 0 aromatic rings. The minimum absolute atomic E-state index is 0.0152. The van der Waals surface area contributed by atoms with Crippen LogP contribution in [0.5, 0.6) is 0 Å². The van der Waals surface area contributed by atoms with E-state index in [1.165, 1.54) is 0 Å². The molecule has 1 fully saturated rings. The average molecular weight is 922 g/mol. The number of carbonyl (C=O) groups is 4. The molecule has 0 aromatic carbocycles. The molecule has 1 saturated carbocycles. The number of esters is 2. The van der Waals surface area contributed by atoms with Crippen molar-refractivity contribution in [3.8, 4) is 0 Å². The van der Waals surface area contributed by atoms with Crippen LogP contribution in [0.2, 0.25) is 0 Å². The SMILES string of the molecule is CC/C=C\C/C=C\C/C=C\C/C=C\C/C=C\C/C=C\CCC(=O)OC[C@H](COP(=O)(O)OC[C@H](N)C(=O)O)OC(=O)CCCCC(=O)C[C@@H]1[C@@H](/C=C/[C@@H](O)CCCCC)[C@H](O)C[C@@H]1O. The molecule has 64 heavy (non-hydrogen) atoms. The van der Waals surface area contributed by atoms with Gasteiger partial charge in [0.15, 0.2) is 6.10 Å². The number of carboxylic acid groups (broad SMARTS) is 1. The van der Waals surface area contributed by atoms with Gasteiger partial charge in [-0.1, -0.05) is 118 Å². The van der Waals surface area contributed by atoms with Gasteiger partial charge in [0, 0.05) is 43.9 Å². The van der Waals surface area contributed by atoms with Gasteiger partial charge in [-0.3, -0.25) is 28.2 Å². The summed E-state index contributed by atoms with van der Waals surface area (Å²) in [6, 6.07) is -1.60. The highest BCUT2D eigenvalue weighted by Gasteiger charge is 2.41. The number of hydrogen-bond acceptors (Lipinski definition) is 13. The van der Waals surface area contributed by atoms with Crippen LogP contribution in [0.15, 0.2) is 85.1 Å². The molecule has 1 rings (SSSR count). The van der Waals surface area contributed by atoms with Gasteiger partial charge in [-0.05, 0) is 64.2 Å². The molecule has 0 spiro atoms. The molecule has 1 aliphatic rings. The Labute approximate surface area is 380 Å². The minimum Gasteiger partial charge on any atom is -0.480 e. The summed E-state index contributed by atoms with van der Waals surface area (Å²) >= 11 is 0. The van der Waals surface area contributed by atoms with E-state index in [0.29, 0.717) is 25.7 Å². The number of aliphatic hydroxyl groups excluding tert-OH is 3. The Hall–Kier alpha value is -3.79. The third-order valence-electron chi connectivity index (χ3n) is 10.1. The Morgan fingerprint density at radius 3 is 1.86 bits per heavy atom. The molecule has 0 saturated heterocycles. The number of Topliss-reactive ketones (excluding diaryl/α,β-unsaturated/α-hetero) is 1. The Kier molecular flexibility index (Phi) is 33.1. The van der Waals surface area contributed by atoms with Gasteiger partial charge >= 0.3 is 25.7 Å². The highest BCUT2D eigenvalue weighted by molar-refractivity contribution is 7.47. The molecule has 0 aliphatic heterocycles. The second-order valence-electron chi connectivity index (χ2n) is 15.8. The topological polar surface area (TPSA) is 249 Å². The third kappa shape index (κ3) is 30.4.